The van der Waals surface area contributed by atoms with Gasteiger partial charge in [0.05, 0.1) is 0 Å². The smallest absolute Gasteiger partial charge is 0.326 e. The highest BCUT2D eigenvalue weighted by atomic mass is 16.4. The molecule has 1 aliphatic heterocycles. The molecular weight excluding hydrogens is 258 g/mol. The number of urea groups is 1. The zero-order valence-electron chi connectivity index (χ0n) is 12.9. The van der Waals surface area contributed by atoms with E-state index in [0.717, 1.165) is 12.8 Å². The summed E-state index contributed by atoms with van der Waals surface area (Å²) < 4.78 is 0. The molecule has 0 saturated carbocycles. The Morgan fingerprint density at radius 1 is 1.40 bits per heavy atom. The zero-order valence-corrected chi connectivity index (χ0v) is 12.9. The Morgan fingerprint density at radius 2 is 2.05 bits per heavy atom. The molecule has 0 spiro atoms. The van der Waals surface area contributed by atoms with E-state index in [1.54, 1.807) is 4.90 Å². The second-order valence-electron chi connectivity index (χ2n) is 6.18. The maximum Gasteiger partial charge on any atom is 0.326 e. The second kappa shape index (κ2) is 7.47. The van der Waals surface area contributed by atoms with E-state index in [1.807, 2.05) is 27.9 Å². The first-order valence-corrected chi connectivity index (χ1v) is 7.26. The Bertz CT molecular complexity index is 345. The first-order valence-electron chi connectivity index (χ1n) is 7.26. The van der Waals surface area contributed by atoms with Crippen molar-refractivity contribution in [1.29, 1.82) is 0 Å². The lowest BCUT2D eigenvalue weighted by Gasteiger charge is -2.36. The maximum atomic E-state index is 12.2. The highest BCUT2D eigenvalue weighted by Crippen LogP contribution is 2.14. The number of aliphatic carboxylic acids is 1. The topological polar surface area (TPSA) is 72.9 Å². The van der Waals surface area contributed by atoms with Crippen LogP contribution in [0.25, 0.3) is 0 Å². The van der Waals surface area contributed by atoms with Crippen LogP contribution in [-0.2, 0) is 4.79 Å². The molecule has 0 aromatic rings. The van der Waals surface area contributed by atoms with E-state index in [-0.39, 0.29) is 11.9 Å². The Balaban J connectivity index is 2.57. The summed E-state index contributed by atoms with van der Waals surface area (Å²) in [5.74, 6) is -0.736. The van der Waals surface area contributed by atoms with E-state index in [2.05, 4.69) is 10.2 Å². The van der Waals surface area contributed by atoms with E-state index in [4.69, 9.17) is 5.11 Å². The van der Waals surface area contributed by atoms with Gasteiger partial charge in [0.25, 0.3) is 0 Å². The zero-order chi connectivity index (χ0) is 15.3. The fraction of sp³-hybridized carbons (Fsp3) is 0.857. The van der Waals surface area contributed by atoms with Crippen LogP contribution in [0.3, 0.4) is 0 Å². The molecule has 2 atom stereocenters. The third-order valence-corrected chi connectivity index (χ3v) is 3.72. The van der Waals surface area contributed by atoms with Gasteiger partial charge in [-0.25, -0.2) is 9.59 Å². The molecule has 20 heavy (non-hydrogen) atoms. The molecule has 2 N–H and O–H groups in total. The molecule has 0 bridgehead atoms. The van der Waals surface area contributed by atoms with Crippen molar-refractivity contribution < 1.29 is 14.7 Å². The second-order valence-corrected chi connectivity index (χ2v) is 6.18. The van der Waals surface area contributed by atoms with Crippen LogP contribution >= 0.6 is 0 Å². The summed E-state index contributed by atoms with van der Waals surface area (Å²) in [6, 6.07) is -0.713. The number of amides is 2. The number of piperidine rings is 1. The fourth-order valence-electron chi connectivity index (χ4n) is 2.49. The highest BCUT2D eigenvalue weighted by molar-refractivity contribution is 5.82. The van der Waals surface area contributed by atoms with Crippen molar-refractivity contribution in [3.63, 3.8) is 0 Å². The van der Waals surface area contributed by atoms with Crippen molar-refractivity contribution >= 4 is 12.0 Å². The summed E-state index contributed by atoms with van der Waals surface area (Å²) in [6.07, 6.45) is 2.48. The third kappa shape index (κ3) is 5.00. The summed E-state index contributed by atoms with van der Waals surface area (Å²) in [7, 11) is 4.01. The minimum atomic E-state index is -0.965. The van der Waals surface area contributed by atoms with E-state index in [1.165, 1.54) is 0 Å². The number of carboxylic acid groups (broad SMARTS) is 1. The van der Waals surface area contributed by atoms with Crippen LogP contribution in [0.2, 0.25) is 0 Å². The largest absolute Gasteiger partial charge is 0.480 e. The minimum Gasteiger partial charge on any atom is -0.480 e. The Morgan fingerprint density at radius 3 is 2.55 bits per heavy atom. The quantitative estimate of drug-likeness (QED) is 0.796. The van der Waals surface area contributed by atoms with Crippen molar-refractivity contribution in [3.05, 3.63) is 0 Å². The number of rotatable bonds is 5. The number of likely N-dealkylation sites (N-methyl/N-ethyl adjacent to an activating group) is 1. The van der Waals surface area contributed by atoms with Crippen molar-refractivity contribution in [2.24, 2.45) is 5.92 Å². The van der Waals surface area contributed by atoms with Crippen molar-refractivity contribution in [2.45, 2.75) is 45.2 Å². The van der Waals surface area contributed by atoms with Gasteiger partial charge in [-0.1, -0.05) is 13.8 Å². The van der Waals surface area contributed by atoms with Crippen LogP contribution in [-0.4, -0.2) is 66.2 Å². The molecule has 1 aliphatic rings. The third-order valence-electron chi connectivity index (χ3n) is 3.72. The number of carboxylic acids is 1. The number of carbonyl (C=O) groups excluding carboxylic acids is 1. The monoisotopic (exact) mass is 285 g/mol. The maximum absolute atomic E-state index is 12.2. The van der Waals surface area contributed by atoms with Gasteiger partial charge in [0.2, 0.25) is 0 Å². The molecule has 0 aromatic carbocycles. The highest BCUT2D eigenvalue weighted by Gasteiger charge is 2.28. The lowest BCUT2D eigenvalue weighted by molar-refractivity contribution is -0.139. The first-order chi connectivity index (χ1) is 9.31. The van der Waals surface area contributed by atoms with Gasteiger partial charge >= 0.3 is 12.0 Å². The van der Waals surface area contributed by atoms with Crippen molar-refractivity contribution in [2.75, 3.05) is 27.2 Å². The van der Waals surface area contributed by atoms with Crippen LogP contribution < -0.4 is 5.32 Å². The summed E-state index contributed by atoms with van der Waals surface area (Å²) in [5, 5.41) is 11.8. The molecule has 0 aliphatic carbocycles. The minimum absolute atomic E-state index is 0.229. The number of hydrogen-bond donors (Lipinski definition) is 2. The lowest BCUT2D eigenvalue weighted by Crippen LogP contribution is -2.54. The molecular formula is C14H27N3O3. The van der Waals surface area contributed by atoms with Gasteiger partial charge in [0.1, 0.15) is 6.04 Å². The molecule has 1 heterocycles. The van der Waals surface area contributed by atoms with Crippen LogP contribution in [0.4, 0.5) is 4.79 Å². The van der Waals surface area contributed by atoms with Gasteiger partial charge in [0, 0.05) is 19.1 Å². The predicted molar refractivity (Wildman–Crippen MR) is 77.7 cm³/mol. The summed E-state index contributed by atoms with van der Waals surface area (Å²) >= 11 is 0. The van der Waals surface area contributed by atoms with E-state index in [0.29, 0.717) is 25.6 Å². The standard InChI is InChI=1S/C14H27N3O3/c1-10(2)8-12(13(18)19)15-14(20)17-7-5-6-11(9-17)16(3)4/h10-12H,5-9H2,1-4H3,(H,15,20)(H,18,19)/t11?,12-/m1/s1. The van der Waals surface area contributed by atoms with Crippen LogP contribution in [0.1, 0.15) is 33.1 Å². The van der Waals surface area contributed by atoms with Crippen molar-refractivity contribution in [3.8, 4) is 0 Å². The summed E-state index contributed by atoms with van der Waals surface area (Å²) in [4.78, 5) is 27.2. The average Bonchev–Trinajstić information content (AvgIpc) is 2.37. The average molecular weight is 285 g/mol. The Labute approximate surface area is 121 Å². The SMILES string of the molecule is CC(C)C[C@@H](NC(=O)N1CCCC(N(C)C)C1)C(=O)O. The van der Waals surface area contributed by atoms with Gasteiger partial charge in [-0.3, -0.25) is 0 Å². The summed E-state index contributed by atoms with van der Waals surface area (Å²) in [6.45, 7) is 5.26. The first kappa shape index (κ1) is 16.8. The predicted octanol–water partition coefficient (Wildman–Crippen LogP) is 1.22. The van der Waals surface area contributed by atoms with Gasteiger partial charge in [-0.15, -0.1) is 0 Å². The van der Waals surface area contributed by atoms with Gasteiger partial charge in [0.15, 0.2) is 0 Å². The normalized spacial score (nSPS) is 21.1. The number of hydrogen-bond acceptors (Lipinski definition) is 3. The molecule has 6 heteroatoms. The van der Waals surface area contributed by atoms with Gasteiger partial charge in [-0.2, -0.15) is 0 Å². The van der Waals surface area contributed by atoms with Crippen LogP contribution in [0.5, 0.6) is 0 Å². The number of nitrogens with one attached hydrogen (secondary N) is 1. The number of likely N-dealkylation sites (tertiary alicyclic amines) is 1. The van der Waals surface area contributed by atoms with E-state index in [9.17, 15) is 9.59 Å². The molecule has 0 radical (unpaired) electrons. The molecule has 6 nitrogen and oxygen atoms in total. The van der Waals surface area contributed by atoms with Crippen molar-refractivity contribution in [1.82, 2.24) is 15.1 Å². The summed E-state index contributed by atoms with van der Waals surface area (Å²) in [5.41, 5.74) is 0. The molecule has 1 fully saturated rings. The number of nitrogens with zero attached hydrogens (tertiary/aromatic N) is 2. The van der Waals surface area contributed by atoms with Crippen LogP contribution in [0, 0.1) is 5.92 Å². The van der Waals surface area contributed by atoms with E-state index < -0.39 is 12.0 Å². The van der Waals surface area contributed by atoms with Crippen LogP contribution in [0.15, 0.2) is 0 Å². The fourth-order valence-corrected chi connectivity index (χ4v) is 2.49. The lowest BCUT2D eigenvalue weighted by atomic mass is 10.0. The van der Waals surface area contributed by atoms with E-state index >= 15 is 0 Å². The Hall–Kier alpha value is -1.30. The molecule has 1 rings (SSSR count). The van der Waals surface area contributed by atoms with Gasteiger partial charge in [-0.05, 0) is 39.3 Å². The molecule has 1 saturated heterocycles. The van der Waals surface area contributed by atoms with Gasteiger partial charge < -0.3 is 20.2 Å². The molecule has 0 aromatic heterocycles. The molecule has 116 valence electrons. The number of carbonyl (C=O) groups is 2. The Kier molecular flexibility index (Phi) is 6.26. The molecule has 1 unspecified atom stereocenters. The molecule has 2 amide bonds.